The maximum Gasteiger partial charge on any atom is 0.338 e. The monoisotopic (exact) mass is 434 g/mol. The molecule has 9 heteroatoms. The lowest BCUT2D eigenvalue weighted by Crippen LogP contribution is -2.31. The number of aromatic nitrogens is 2. The number of carbonyl (C=O) groups is 2. The van der Waals surface area contributed by atoms with Crippen molar-refractivity contribution in [3.8, 4) is 0 Å². The summed E-state index contributed by atoms with van der Waals surface area (Å²) >= 11 is 0. The smallest absolute Gasteiger partial charge is 0.338 e. The number of amides is 1. The van der Waals surface area contributed by atoms with E-state index in [1.807, 2.05) is 44.2 Å². The summed E-state index contributed by atoms with van der Waals surface area (Å²) < 4.78 is 5.22. The lowest BCUT2D eigenvalue weighted by molar-refractivity contribution is -0.119. The molecule has 9 nitrogen and oxygen atoms in total. The minimum absolute atomic E-state index is 0.218. The Balaban J connectivity index is 1.59. The molecule has 0 saturated heterocycles. The average Bonchev–Trinajstić information content (AvgIpc) is 2.79. The zero-order valence-electron chi connectivity index (χ0n) is 18.0. The fourth-order valence-corrected chi connectivity index (χ4v) is 2.70. The van der Waals surface area contributed by atoms with E-state index < -0.39 is 0 Å². The number of esters is 1. The molecule has 0 aliphatic rings. The molecule has 0 aliphatic carbocycles. The van der Waals surface area contributed by atoms with Crippen LogP contribution in [0.2, 0.25) is 0 Å². The number of hydrogen-bond donors (Lipinski definition) is 4. The number of nitrogens with two attached hydrogens (primary N) is 1. The van der Waals surface area contributed by atoms with Crippen LogP contribution >= 0.6 is 0 Å². The summed E-state index contributed by atoms with van der Waals surface area (Å²) in [4.78, 5) is 32.4. The number of carbonyl (C=O) groups excluding carboxylic acids is 2. The van der Waals surface area contributed by atoms with Gasteiger partial charge >= 0.3 is 5.97 Å². The van der Waals surface area contributed by atoms with E-state index in [-0.39, 0.29) is 35.7 Å². The fourth-order valence-electron chi connectivity index (χ4n) is 2.70. The van der Waals surface area contributed by atoms with Crippen LogP contribution in [-0.4, -0.2) is 28.5 Å². The van der Waals surface area contributed by atoms with Crippen molar-refractivity contribution in [2.24, 2.45) is 5.92 Å². The predicted molar refractivity (Wildman–Crippen MR) is 123 cm³/mol. The highest BCUT2D eigenvalue weighted by molar-refractivity contribution is 5.90. The maximum absolute atomic E-state index is 12.1. The van der Waals surface area contributed by atoms with Gasteiger partial charge in [-0.2, -0.15) is 0 Å². The highest BCUT2D eigenvalue weighted by Gasteiger charge is 2.11. The SMILES string of the molecule is CC(C)COC(=O)c1ccc(Nc2ncnc(NNC(=O)Cc3ccccc3)c2N)cc1. The van der Waals surface area contributed by atoms with Gasteiger partial charge in [-0.15, -0.1) is 0 Å². The summed E-state index contributed by atoms with van der Waals surface area (Å²) in [6.07, 6.45) is 1.54. The highest BCUT2D eigenvalue weighted by Crippen LogP contribution is 2.25. The van der Waals surface area contributed by atoms with Crippen LogP contribution in [0.3, 0.4) is 0 Å². The van der Waals surface area contributed by atoms with Gasteiger partial charge in [0.05, 0.1) is 18.6 Å². The normalized spacial score (nSPS) is 10.5. The molecule has 3 rings (SSSR count). The Morgan fingerprint density at radius 1 is 1.00 bits per heavy atom. The standard InChI is InChI=1S/C23H26N6O3/c1-15(2)13-32-23(31)17-8-10-18(11-9-17)27-21-20(24)22(26-14-25-21)29-28-19(30)12-16-6-4-3-5-7-16/h3-11,14-15H,12-13,24H2,1-2H3,(H,28,30)(H2,25,26,27,29). The van der Waals surface area contributed by atoms with Gasteiger partial charge in [-0.3, -0.25) is 15.6 Å². The quantitative estimate of drug-likeness (QED) is 0.298. The van der Waals surface area contributed by atoms with Crippen molar-refractivity contribution in [2.75, 3.05) is 23.1 Å². The summed E-state index contributed by atoms with van der Waals surface area (Å²) in [6, 6.07) is 16.1. The average molecular weight is 435 g/mol. The van der Waals surface area contributed by atoms with E-state index in [4.69, 9.17) is 10.5 Å². The second-order valence-corrected chi connectivity index (χ2v) is 7.51. The Hall–Kier alpha value is -4.14. The Bertz CT molecular complexity index is 1060. The van der Waals surface area contributed by atoms with Gasteiger partial charge in [-0.25, -0.2) is 14.8 Å². The molecule has 5 N–H and O–H groups in total. The third kappa shape index (κ3) is 6.43. The van der Waals surface area contributed by atoms with Crippen LogP contribution in [-0.2, 0) is 16.0 Å². The lowest BCUT2D eigenvalue weighted by atomic mass is 10.1. The van der Waals surface area contributed by atoms with Gasteiger partial charge in [-0.05, 0) is 35.7 Å². The van der Waals surface area contributed by atoms with Gasteiger partial charge in [0.25, 0.3) is 0 Å². The van der Waals surface area contributed by atoms with Crippen molar-refractivity contribution in [1.82, 2.24) is 15.4 Å². The van der Waals surface area contributed by atoms with E-state index >= 15 is 0 Å². The second-order valence-electron chi connectivity index (χ2n) is 7.51. The second kappa shape index (κ2) is 10.8. The van der Waals surface area contributed by atoms with E-state index in [1.165, 1.54) is 6.33 Å². The molecule has 0 aliphatic heterocycles. The number of nitrogens with one attached hydrogen (secondary N) is 3. The molecule has 0 saturated carbocycles. The molecule has 166 valence electrons. The lowest BCUT2D eigenvalue weighted by Gasteiger charge is -2.13. The fraction of sp³-hybridized carbons (Fsp3) is 0.217. The molecule has 32 heavy (non-hydrogen) atoms. The molecule has 0 fully saturated rings. The first-order valence-corrected chi connectivity index (χ1v) is 10.2. The summed E-state index contributed by atoms with van der Waals surface area (Å²) in [6.45, 7) is 4.32. The molecule has 0 spiro atoms. The number of nitrogens with zero attached hydrogens (tertiary/aromatic N) is 2. The van der Waals surface area contributed by atoms with E-state index in [9.17, 15) is 9.59 Å². The number of ether oxygens (including phenoxy) is 1. The minimum atomic E-state index is -0.371. The van der Waals surface area contributed by atoms with Gasteiger partial charge in [0.2, 0.25) is 5.91 Å². The third-order valence-corrected chi connectivity index (χ3v) is 4.34. The van der Waals surface area contributed by atoms with Crippen molar-refractivity contribution in [3.63, 3.8) is 0 Å². The third-order valence-electron chi connectivity index (χ3n) is 4.34. The van der Waals surface area contributed by atoms with Crippen LogP contribution in [0.5, 0.6) is 0 Å². The van der Waals surface area contributed by atoms with Gasteiger partial charge in [-0.1, -0.05) is 44.2 Å². The largest absolute Gasteiger partial charge is 0.462 e. The van der Waals surface area contributed by atoms with Crippen molar-refractivity contribution in [3.05, 3.63) is 72.1 Å². The molecular formula is C23H26N6O3. The van der Waals surface area contributed by atoms with Crippen molar-refractivity contribution in [2.45, 2.75) is 20.3 Å². The van der Waals surface area contributed by atoms with E-state index in [1.54, 1.807) is 24.3 Å². The zero-order chi connectivity index (χ0) is 22.9. The molecule has 0 atom stereocenters. The molecule has 1 heterocycles. The number of rotatable bonds is 9. The van der Waals surface area contributed by atoms with Gasteiger partial charge in [0.1, 0.15) is 12.0 Å². The molecule has 0 bridgehead atoms. The van der Waals surface area contributed by atoms with Crippen LogP contribution in [0, 0.1) is 5.92 Å². The van der Waals surface area contributed by atoms with Gasteiger partial charge in [0, 0.05) is 5.69 Å². The van der Waals surface area contributed by atoms with Crippen LogP contribution in [0.4, 0.5) is 23.0 Å². The maximum atomic E-state index is 12.1. The molecule has 1 amide bonds. The van der Waals surface area contributed by atoms with Crippen LogP contribution in [0.1, 0.15) is 29.8 Å². The Labute approximate surface area is 186 Å². The summed E-state index contributed by atoms with van der Waals surface area (Å²) in [5.74, 6) is 0.285. The van der Waals surface area contributed by atoms with Crippen molar-refractivity contribution < 1.29 is 14.3 Å². The van der Waals surface area contributed by atoms with Crippen LogP contribution in [0.15, 0.2) is 60.9 Å². The summed E-state index contributed by atoms with van der Waals surface area (Å²) in [5.41, 5.74) is 13.7. The molecule has 0 unspecified atom stereocenters. The zero-order valence-corrected chi connectivity index (χ0v) is 18.0. The molecule has 1 aromatic heterocycles. The number of hydrogen-bond acceptors (Lipinski definition) is 8. The predicted octanol–water partition coefficient (Wildman–Crippen LogP) is 3.30. The van der Waals surface area contributed by atoms with E-state index in [0.717, 1.165) is 5.56 Å². The number of anilines is 4. The van der Waals surface area contributed by atoms with E-state index in [2.05, 4.69) is 26.1 Å². The minimum Gasteiger partial charge on any atom is -0.462 e. The molecule has 0 radical (unpaired) electrons. The summed E-state index contributed by atoms with van der Waals surface area (Å²) in [7, 11) is 0. The first-order valence-electron chi connectivity index (χ1n) is 10.2. The first kappa shape index (κ1) is 22.5. The van der Waals surface area contributed by atoms with Gasteiger partial charge in [0.15, 0.2) is 11.6 Å². The topological polar surface area (TPSA) is 131 Å². The van der Waals surface area contributed by atoms with Crippen molar-refractivity contribution in [1.29, 1.82) is 0 Å². The number of benzene rings is 2. The molecule has 3 aromatic rings. The van der Waals surface area contributed by atoms with Crippen LogP contribution in [0.25, 0.3) is 0 Å². The Morgan fingerprint density at radius 3 is 2.38 bits per heavy atom. The van der Waals surface area contributed by atoms with E-state index in [0.29, 0.717) is 23.7 Å². The summed E-state index contributed by atoms with van der Waals surface area (Å²) in [5, 5.41) is 3.08. The van der Waals surface area contributed by atoms with Crippen LogP contribution < -0.4 is 21.9 Å². The highest BCUT2D eigenvalue weighted by atomic mass is 16.5. The number of hydrazine groups is 1. The number of nitrogen functional groups attached to an aromatic ring is 1. The molecule has 2 aromatic carbocycles. The molecular weight excluding hydrogens is 408 g/mol. The first-order chi connectivity index (χ1) is 15.4. The van der Waals surface area contributed by atoms with Crippen molar-refractivity contribution >= 4 is 34.9 Å². The Morgan fingerprint density at radius 2 is 1.69 bits per heavy atom. The van der Waals surface area contributed by atoms with Gasteiger partial charge < -0.3 is 15.8 Å². The Kier molecular flexibility index (Phi) is 7.58.